The van der Waals surface area contributed by atoms with Crippen LogP contribution in [0.4, 0.5) is 0 Å². The number of phenolic OH excluding ortho intramolecular Hbond substituents is 2. The van der Waals surface area contributed by atoms with Gasteiger partial charge in [0.2, 0.25) is 6.41 Å². The van der Waals surface area contributed by atoms with Crippen LogP contribution in [-0.2, 0) is 40.3 Å². The minimum Gasteiger partial charge on any atom is -0.508 e. The van der Waals surface area contributed by atoms with Crippen molar-refractivity contribution >= 4 is 6.41 Å². The molecule has 6 fully saturated rings. The Balaban J connectivity index is 0.000000104. The number of carbonyl (C=O) groups excluding carboxylic acids is 1. The predicted molar refractivity (Wildman–Crippen MR) is 228 cm³/mol. The van der Waals surface area contributed by atoms with Crippen molar-refractivity contribution in [2.45, 2.75) is 157 Å². The summed E-state index contributed by atoms with van der Waals surface area (Å²) in [4.78, 5) is 16.0. The van der Waals surface area contributed by atoms with Crippen LogP contribution in [0.15, 0.2) is 54.6 Å². The van der Waals surface area contributed by atoms with Crippen LogP contribution in [0.5, 0.6) is 11.5 Å². The fraction of sp³-hybridized carbons (Fsp3) is 0.627. The minimum atomic E-state index is 0.217. The molecule has 9 aliphatic rings. The number of aromatic hydroxyl groups is 2. The molecular weight excluding hydrogens is 703 g/mol. The van der Waals surface area contributed by atoms with Gasteiger partial charge in [-0.1, -0.05) is 74.4 Å². The smallest absolute Gasteiger partial charge is 0.209 e. The molecule has 6 bridgehead atoms. The summed E-state index contributed by atoms with van der Waals surface area (Å²) in [5.41, 5.74) is 11.6. The zero-order chi connectivity index (χ0) is 38.9. The van der Waals surface area contributed by atoms with Gasteiger partial charge in [0.05, 0.1) is 0 Å². The van der Waals surface area contributed by atoms with E-state index in [-0.39, 0.29) is 5.41 Å². The summed E-state index contributed by atoms with van der Waals surface area (Å²) >= 11 is 0. The van der Waals surface area contributed by atoms with E-state index in [9.17, 15) is 15.0 Å². The number of nitrogens with zero attached hydrogens (tertiary/aromatic N) is 2. The van der Waals surface area contributed by atoms with E-state index in [4.69, 9.17) is 0 Å². The first kappa shape index (κ1) is 37.9. The number of likely N-dealkylation sites (N-methyl/N-ethyl adjacent to an activating group) is 1. The first-order valence-electron chi connectivity index (χ1n) is 23.1. The first-order chi connectivity index (χ1) is 27.7. The summed E-state index contributed by atoms with van der Waals surface area (Å²) in [5, 5.41) is 23.6. The molecule has 3 aromatic rings. The largest absolute Gasteiger partial charge is 0.508 e. The van der Waals surface area contributed by atoms with Gasteiger partial charge in [0.25, 0.3) is 0 Å². The van der Waals surface area contributed by atoms with Crippen molar-refractivity contribution in [1.29, 1.82) is 0 Å². The number of amides is 1. The number of hydrogen-bond acceptors (Lipinski definition) is 5. The van der Waals surface area contributed by atoms with Gasteiger partial charge in [0.1, 0.15) is 11.5 Å². The lowest BCUT2D eigenvalue weighted by atomic mass is 9.52. The summed E-state index contributed by atoms with van der Waals surface area (Å²) in [6, 6.07) is 21.0. The number of phenols is 2. The fourth-order valence-corrected chi connectivity index (χ4v) is 15.4. The van der Waals surface area contributed by atoms with Crippen LogP contribution in [0.3, 0.4) is 0 Å². The summed E-state index contributed by atoms with van der Waals surface area (Å²) in [6.45, 7) is 5.58. The predicted octanol–water partition coefficient (Wildman–Crippen LogP) is 9.03. The molecule has 6 nitrogen and oxygen atoms in total. The van der Waals surface area contributed by atoms with Crippen molar-refractivity contribution in [3.63, 3.8) is 0 Å². The van der Waals surface area contributed by atoms with E-state index in [0.29, 0.717) is 34.3 Å². The number of carbonyl (C=O) groups is 1. The Labute approximate surface area is 341 Å². The molecule has 3 N–H and O–H groups in total. The highest BCUT2D eigenvalue weighted by Crippen LogP contribution is 2.58. The van der Waals surface area contributed by atoms with E-state index in [1.54, 1.807) is 17.2 Å². The third-order valence-electron chi connectivity index (χ3n) is 17.9. The lowest BCUT2D eigenvalue weighted by Crippen LogP contribution is -2.60. The summed E-state index contributed by atoms with van der Waals surface area (Å²) in [6.07, 6.45) is 24.4. The summed E-state index contributed by atoms with van der Waals surface area (Å²) in [5.74, 6) is 3.15. The Morgan fingerprint density at radius 2 is 1.14 bits per heavy atom. The van der Waals surface area contributed by atoms with Crippen molar-refractivity contribution in [2.24, 2.45) is 17.8 Å². The first-order valence-corrected chi connectivity index (χ1v) is 23.1. The highest BCUT2D eigenvalue weighted by molar-refractivity contribution is 5.53. The van der Waals surface area contributed by atoms with Gasteiger partial charge in [0.15, 0.2) is 0 Å². The highest BCUT2D eigenvalue weighted by Gasteiger charge is 2.55. The topological polar surface area (TPSA) is 76.0 Å². The molecule has 57 heavy (non-hydrogen) atoms. The lowest BCUT2D eigenvalue weighted by Gasteiger charge is -2.58. The molecule has 9 atom stereocenters. The van der Waals surface area contributed by atoms with Crippen molar-refractivity contribution in [3.8, 4) is 11.5 Å². The Morgan fingerprint density at radius 1 is 0.614 bits per heavy atom. The van der Waals surface area contributed by atoms with Gasteiger partial charge >= 0.3 is 0 Å². The quantitative estimate of drug-likeness (QED) is 0.216. The van der Waals surface area contributed by atoms with Gasteiger partial charge in [-0.3, -0.25) is 4.79 Å². The molecule has 304 valence electrons. The van der Waals surface area contributed by atoms with Gasteiger partial charge in [-0.2, -0.15) is 0 Å². The third kappa shape index (κ3) is 6.11. The Hall–Kier alpha value is -3.35. The number of aryl methyl sites for hydroxylation is 1. The minimum absolute atomic E-state index is 0.217. The molecule has 3 aliphatic heterocycles. The average molecular weight is 770 g/mol. The molecule has 0 aromatic heterocycles. The zero-order valence-corrected chi connectivity index (χ0v) is 34.8. The number of hydrogen-bond donors (Lipinski definition) is 3. The standard InChI is InChI=1S/C17H21NO2.C17H23NO.C17H23N/c19-11-18-8-7-17-6-2-1-3-14(17)16(18)9-12-4-5-13(20)10-15(12)17;1-18-9-8-17-7-3-2-4-14(17)16(18)10-12-5-6-13(19)11-15(12)17;1-12-5-6-13-11-16-14-4-2-3-7-17(14,8-9-18-16)15(13)10-12/h4-5,10-11,14,16,20H,1-3,6-9H2;5-6,11,14,16,19H,2-4,7-10H2,1H3;5-6,10,14,16,18H,2-4,7-9,11H2,1H3/t3*14-,16+,17+/m111/s1. The van der Waals surface area contributed by atoms with Crippen LogP contribution in [0.25, 0.3) is 0 Å². The van der Waals surface area contributed by atoms with E-state index in [1.807, 2.05) is 17.0 Å². The molecule has 3 heterocycles. The SMILES string of the molecule is CN1CC[C@@]23CCCC[C@@H]2[C@@H]1Cc1ccc(O)cc13.Cc1ccc2c(c1)[C@]13CCCC[C@@H]1[C@H](C2)NCC3.O=CN1CC[C@@]23CCCC[C@@H]2[C@@H]1Cc1ccc(O)cc13. The van der Waals surface area contributed by atoms with Crippen LogP contribution in [-0.4, -0.2) is 71.2 Å². The van der Waals surface area contributed by atoms with Gasteiger partial charge < -0.3 is 25.3 Å². The molecule has 3 saturated heterocycles. The number of fused-ring (bicyclic) bond motifs is 3. The summed E-state index contributed by atoms with van der Waals surface area (Å²) in [7, 11) is 2.30. The lowest BCUT2D eigenvalue weighted by molar-refractivity contribution is -0.126. The molecule has 6 aliphatic carbocycles. The van der Waals surface area contributed by atoms with Crippen LogP contribution in [0.1, 0.15) is 135 Å². The maximum absolute atomic E-state index is 11.4. The Morgan fingerprint density at radius 3 is 1.79 bits per heavy atom. The van der Waals surface area contributed by atoms with Gasteiger partial charge in [0, 0.05) is 40.9 Å². The number of piperidine rings is 3. The maximum atomic E-state index is 11.4. The molecule has 1 amide bonds. The molecule has 3 saturated carbocycles. The van der Waals surface area contributed by atoms with Gasteiger partial charge in [-0.15, -0.1) is 0 Å². The normalized spacial score (nSPS) is 36.8. The second kappa shape index (κ2) is 14.7. The average Bonchev–Trinajstić information content (AvgIpc) is 3.23. The van der Waals surface area contributed by atoms with Gasteiger partial charge in [-0.25, -0.2) is 0 Å². The maximum Gasteiger partial charge on any atom is 0.209 e. The second-order valence-corrected chi connectivity index (χ2v) is 20.3. The van der Waals surface area contributed by atoms with E-state index < -0.39 is 0 Å². The fourth-order valence-electron chi connectivity index (χ4n) is 15.4. The number of likely N-dealkylation sites (tertiary alicyclic amines) is 2. The molecule has 0 radical (unpaired) electrons. The number of rotatable bonds is 1. The van der Waals surface area contributed by atoms with E-state index in [1.165, 1.54) is 144 Å². The molecule has 0 unspecified atom stereocenters. The molecular formula is C51H67N3O3. The van der Waals surface area contributed by atoms with Crippen LogP contribution in [0, 0.1) is 24.7 Å². The monoisotopic (exact) mass is 770 g/mol. The third-order valence-corrected chi connectivity index (χ3v) is 17.9. The Bertz CT molecular complexity index is 1990. The van der Waals surface area contributed by atoms with Crippen molar-refractivity contribution in [1.82, 2.24) is 15.1 Å². The van der Waals surface area contributed by atoms with E-state index in [2.05, 4.69) is 60.6 Å². The number of nitrogens with one attached hydrogen (secondary N) is 1. The Kier molecular flexibility index (Phi) is 9.79. The van der Waals surface area contributed by atoms with Crippen molar-refractivity contribution in [3.05, 3.63) is 93.5 Å². The highest BCUT2D eigenvalue weighted by atomic mass is 16.3. The van der Waals surface area contributed by atoms with Crippen molar-refractivity contribution < 1.29 is 15.0 Å². The van der Waals surface area contributed by atoms with Crippen LogP contribution < -0.4 is 5.32 Å². The van der Waals surface area contributed by atoms with Crippen LogP contribution in [0.2, 0.25) is 0 Å². The molecule has 12 rings (SSSR count). The van der Waals surface area contributed by atoms with Crippen molar-refractivity contribution in [2.75, 3.05) is 26.7 Å². The van der Waals surface area contributed by atoms with E-state index >= 15 is 0 Å². The molecule has 0 spiro atoms. The molecule has 3 aromatic carbocycles. The van der Waals surface area contributed by atoms with Crippen LogP contribution >= 0.6 is 0 Å². The second-order valence-electron chi connectivity index (χ2n) is 20.3. The van der Waals surface area contributed by atoms with E-state index in [0.717, 1.165) is 49.7 Å². The number of benzene rings is 3. The summed E-state index contributed by atoms with van der Waals surface area (Å²) < 4.78 is 0. The zero-order valence-electron chi connectivity index (χ0n) is 34.8. The molecule has 6 heteroatoms. The van der Waals surface area contributed by atoms with Gasteiger partial charge in [-0.05, 0) is 180 Å².